The van der Waals surface area contributed by atoms with E-state index in [0.717, 1.165) is 11.5 Å². The molecule has 78 valence electrons. The monoisotopic (exact) mass is 222 g/mol. The minimum absolute atomic E-state index is 0.657. The van der Waals surface area contributed by atoms with Gasteiger partial charge in [0.25, 0.3) is 0 Å². The molecule has 0 saturated carbocycles. The largest absolute Gasteiger partial charge is 0.348 e. The van der Waals surface area contributed by atoms with Crippen molar-refractivity contribution in [3.8, 4) is 0 Å². The van der Waals surface area contributed by atoms with Crippen molar-refractivity contribution in [2.75, 3.05) is 0 Å². The molecule has 0 amide bonds. The molecular formula is C10H11ClN4. The van der Waals surface area contributed by atoms with E-state index in [1.807, 2.05) is 12.1 Å². The summed E-state index contributed by atoms with van der Waals surface area (Å²) in [5, 5.41) is 3.88. The molecule has 0 spiro atoms. The number of imidazole rings is 1. The Morgan fingerprint density at radius 2 is 2.20 bits per heavy atom. The van der Waals surface area contributed by atoms with Crippen molar-refractivity contribution in [1.82, 2.24) is 20.3 Å². The van der Waals surface area contributed by atoms with Crippen LogP contribution in [0.5, 0.6) is 0 Å². The van der Waals surface area contributed by atoms with E-state index >= 15 is 0 Å². The van der Waals surface area contributed by atoms with Crippen molar-refractivity contribution in [2.45, 2.75) is 13.1 Å². The van der Waals surface area contributed by atoms with Crippen molar-refractivity contribution in [2.24, 2.45) is 0 Å². The summed E-state index contributed by atoms with van der Waals surface area (Å²) < 4.78 is 0. The Bertz CT molecular complexity index is 396. The maximum atomic E-state index is 5.73. The summed E-state index contributed by atoms with van der Waals surface area (Å²) in [4.78, 5) is 11.3. The summed E-state index contributed by atoms with van der Waals surface area (Å²) in [5.74, 6) is 0.920. The quantitative estimate of drug-likeness (QED) is 0.829. The molecule has 0 aliphatic heterocycles. The molecule has 4 nitrogen and oxygen atoms in total. The SMILES string of the molecule is Clc1ccc(CNCc2ncc[nH]2)nc1. The lowest BCUT2D eigenvalue weighted by Gasteiger charge is -2.01. The number of aromatic amines is 1. The van der Waals surface area contributed by atoms with Crippen molar-refractivity contribution < 1.29 is 0 Å². The molecule has 0 aromatic carbocycles. The summed E-state index contributed by atoms with van der Waals surface area (Å²) in [6.45, 7) is 1.41. The van der Waals surface area contributed by atoms with Gasteiger partial charge >= 0.3 is 0 Å². The molecule has 0 fully saturated rings. The average molecular weight is 223 g/mol. The van der Waals surface area contributed by atoms with Gasteiger partial charge in [0.1, 0.15) is 5.82 Å². The van der Waals surface area contributed by atoms with Crippen LogP contribution in [0.25, 0.3) is 0 Å². The molecule has 0 radical (unpaired) electrons. The Hall–Kier alpha value is -1.39. The van der Waals surface area contributed by atoms with E-state index in [9.17, 15) is 0 Å². The number of H-pyrrole nitrogens is 1. The lowest BCUT2D eigenvalue weighted by molar-refractivity contribution is 0.657. The highest BCUT2D eigenvalue weighted by Gasteiger charge is 1.96. The normalized spacial score (nSPS) is 10.5. The van der Waals surface area contributed by atoms with Crippen LogP contribution in [-0.2, 0) is 13.1 Å². The number of hydrogen-bond donors (Lipinski definition) is 2. The second kappa shape index (κ2) is 4.91. The predicted octanol–water partition coefficient (Wildman–Crippen LogP) is 1.75. The molecule has 5 heteroatoms. The van der Waals surface area contributed by atoms with Gasteiger partial charge in [-0.1, -0.05) is 11.6 Å². The molecule has 2 rings (SSSR count). The molecule has 2 aromatic heterocycles. The lowest BCUT2D eigenvalue weighted by atomic mass is 10.3. The first-order valence-electron chi connectivity index (χ1n) is 4.64. The number of halogens is 1. The third-order valence-electron chi connectivity index (χ3n) is 1.94. The van der Waals surface area contributed by atoms with E-state index in [4.69, 9.17) is 11.6 Å². The van der Waals surface area contributed by atoms with Crippen LogP contribution in [0.1, 0.15) is 11.5 Å². The van der Waals surface area contributed by atoms with Gasteiger partial charge in [-0.25, -0.2) is 4.98 Å². The molecule has 0 atom stereocenters. The Labute approximate surface area is 92.7 Å². The molecule has 0 unspecified atom stereocenters. The van der Waals surface area contributed by atoms with E-state index < -0.39 is 0 Å². The maximum Gasteiger partial charge on any atom is 0.120 e. The van der Waals surface area contributed by atoms with Crippen LogP contribution in [0.4, 0.5) is 0 Å². The summed E-state index contributed by atoms with van der Waals surface area (Å²) >= 11 is 5.73. The van der Waals surface area contributed by atoms with E-state index in [1.165, 1.54) is 0 Å². The van der Waals surface area contributed by atoms with Gasteiger partial charge in [-0.15, -0.1) is 0 Å². The molecule has 0 aliphatic rings. The second-order valence-electron chi connectivity index (χ2n) is 3.11. The van der Waals surface area contributed by atoms with E-state index in [1.54, 1.807) is 18.6 Å². The van der Waals surface area contributed by atoms with E-state index in [0.29, 0.717) is 18.1 Å². The van der Waals surface area contributed by atoms with Gasteiger partial charge in [-0.2, -0.15) is 0 Å². The van der Waals surface area contributed by atoms with Gasteiger partial charge in [-0.3, -0.25) is 4.98 Å². The Morgan fingerprint density at radius 3 is 2.87 bits per heavy atom. The number of hydrogen-bond acceptors (Lipinski definition) is 3. The lowest BCUT2D eigenvalue weighted by Crippen LogP contribution is -2.14. The fraction of sp³-hybridized carbons (Fsp3) is 0.200. The zero-order chi connectivity index (χ0) is 10.5. The Balaban J connectivity index is 1.81. The Morgan fingerprint density at radius 1 is 1.27 bits per heavy atom. The molecule has 0 aliphatic carbocycles. The number of rotatable bonds is 4. The third kappa shape index (κ3) is 3.04. The van der Waals surface area contributed by atoms with Crippen molar-refractivity contribution in [1.29, 1.82) is 0 Å². The van der Waals surface area contributed by atoms with E-state index in [-0.39, 0.29) is 0 Å². The van der Waals surface area contributed by atoms with Crippen LogP contribution in [0.3, 0.4) is 0 Å². The highest BCUT2D eigenvalue weighted by molar-refractivity contribution is 6.30. The smallest absolute Gasteiger partial charge is 0.120 e. The summed E-state index contributed by atoms with van der Waals surface area (Å²) in [5.41, 5.74) is 0.964. The average Bonchev–Trinajstić information content (AvgIpc) is 2.74. The first kappa shape index (κ1) is 10.1. The Kier molecular flexibility index (Phi) is 3.32. The predicted molar refractivity (Wildman–Crippen MR) is 58.4 cm³/mol. The molecule has 0 bridgehead atoms. The van der Waals surface area contributed by atoms with Crippen molar-refractivity contribution in [3.63, 3.8) is 0 Å². The van der Waals surface area contributed by atoms with E-state index in [2.05, 4.69) is 20.3 Å². The second-order valence-corrected chi connectivity index (χ2v) is 3.54. The minimum Gasteiger partial charge on any atom is -0.348 e. The van der Waals surface area contributed by atoms with Crippen molar-refractivity contribution >= 4 is 11.6 Å². The first-order valence-corrected chi connectivity index (χ1v) is 5.02. The highest BCUT2D eigenvalue weighted by atomic mass is 35.5. The molecule has 15 heavy (non-hydrogen) atoms. The zero-order valence-electron chi connectivity index (χ0n) is 8.07. The number of aromatic nitrogens is 3. The van der Waals surface area contributed by atoms with Gasteiger partial charge < -0.3 is 10.3 Å². The molecular weight excluding hydrogens is 212 g/mol. The van der Waals surface area contributed by atoms with Gasteiger partial charge in [-0.05, 0) is 12.1 Å². The zero-order valence-corrected chi connectivity index (χ0v) is 8.83. The fourth-order valence-corrected chi connectivity index (χ4v) is 1.33. The molecule has 0 saturated heterocycles. The van der Waals surface area contributed by atoms with Gasteiger partial charge in [0.2, 0.25) is 0 Å². The van der Waals surface area contributed by atoms with Crippen LogP contribution >= 0.6 is 11.6 Å². The third-order valence-corrected chi connectivity index (χ3v) is 2.17. The van der Waals surface area contributed by atoms with Crippen LogP contribution in [0.2, 0.25) is 5.02 Å². The topological polar surface area (TPSA) is 53.6 Å². The van der Waals surface area contributed by atoms with Gasteiger partial charge in [0, 0.05) is 25.1 Å². The summed E-state index contributed by atoms with van der Waals surface area (Å²) in [6, 6.07) is 3.73. The first-order chi connectivity index (χ1) is 7.34. The molecule has 2 heterocycles. The minimum atomic E-state index is 0.657. The molecule has 2 aromatic rings. The maximum absolute atomic E-state index is 5.73. The number of pyridine rings is 1. The van der Waals surface area contributed by atoms with Crippen LogP contribution in [-0.4, -0.2) is 15.0 Å². The van der Waals surface area contributed by atoms with Crippen LogP contribution < -0.4 is 5.32 Å². The molecule has 2 N–H and O–H groups in total. The van der Waals surface area contributed by atoms with Gasteiger partial charge in [0.05, 0.1) is 17.3 Å². The van der Waals surface area contributed by atoms with Crippen molar-refractivity contribution in [3.05, 3.63) is 47.3 Å². The number of nitrogens with zero attached hydrogens (tertiary/aromatic N) is 2. The van der Waals surface area contributed by atoms with Crippen LogP contribution in [0, 0.1) is 0 Å². The number of nitrogens with one attached hydrogen (secondary N) is 2. The highest BCUT2D eigenvalue weighted by Crippen LogP contribution is 2.05. The summed E-state index contributed by atoms with van der Waals surface area (Å²) in [6.07, 6.45) is 5.18. The standard InChI is InChI=1S/C10H11ClN4/c11-8-1-2-9(15-5-8)6-12-7-10-13-3-4-14-10/h1-5,12H,6-7H2,(H,13,14). The summed E-state index contributed by atoms with van der Waals surface area (Å²) in [7, 11) is 0. The van der Waals surface area contributed by atoms with Crippen LogP contribution in [0.15, 0.2) is 30.7 Å². The van der Waals surface area contributed by atoms with Gasteiger partial charge in [0.15, 0.2) is 0 Å². The fourth-order valence-electron chi connectivity index (χ4n) is 1.21.